The van der Waals surface area contributed by atoms with Crippen molar-refractivity contribution in [2.24, 2.45) is 0 Å². The first kappa shape index (κ1) is 13.9. The Bertz CT molecular complexity index is 536. The fourth-order valence-electron chi connectivity index (χ4n) is 2.03. The van der Waals surface area contributed by atoms with Crippen molar-refractivity contribution in [3.8, 4) is 0 Å². The summed E-state index contributed by atoms with van der Waals surface area (Å²) in [5.74, 6) is -3.46. The predicted octanol–water partition coefficient (Wildman–Crippen LogP) is 2.83. The Morgan fingerprint density at radius 2 is 1.84 bits per heavy atom. The Labute approximate surface area is 110 Å². The van der Waals surface area contributed by atoms with E-state index in [0.717, 1.165) is 29.1 Å². The van der Waals surface area contributed by atoms with E-state index in [-0.39, 0.29) is 10.6 Å². The fourth-order valence-corrected chi connectivity index (χ4v) is 3.22. The topological polar surface area (TPSA) is 66.4 Å². The van der Waals surface area contributed by atoms with Crippen LogP contribution in [0, 0.1) is 0 Å². The molecule has 1 amide bonds. The van der Waals surface area contributed by atoms with E-state index in [1.54, 1.807) is 5.32 Å². The lowest BCUT2D eigenvalue weighted by molar-refractivity contribution is -0.167. The number of anilines is 1. The van der Waals surface area contributed by atoms with Gasteiger partial charge in [0.15, 0.2) is 0 Å². The van der Waals surface area contributed by atoms with Crippen LogP contribution in [-0.2, 0) is 17.6 Å². The summed E-state index contributed by atoms with van der Waals surface area (Å²) in [5.41, 5.74) is 0.348. The van der Waals surface area contributed by atoms with Crippen molar-refractivity contribution >= 4 is 28.9 Å². The molecule has 0 fully saturated rings. The molecule has 1 aliphatic rings. The summed E-state index contributed by atoms with van der Waals surface area (Å²) >= 11 is 0.941. The number of carbonyl (C=O) groups is 2. The van der Waals surface area contributed by atoms with E-state index in [0.29, 0.717) is 18.4 Å². The van der Waals surface area contributed by atoms with Crippen LogP contribution in [0.1, 0.15) is 33.0 Å². The smallest absolute Gasteiger partial charge is 0.471 e. The molecule has 104 valence electrons. The van der Waals surface area contributed by atoms with Crippen LogP contribution in [0.5, 0.6) is 0 Å². The number of nitrogens with one attached hydrogen (secondary N) is 1. The standard InChI is InChI=1S/C11H10F3NO3S/c12-11(13,14)10(18)15-7-5-3-1-2-4-6(5)19-8(7)9(16)17/h1-4H2,(H,15,18)(H,16,17). The van der Waals surface area contributed by atoms with Gasteiger partial charge in [-0.3, -0.25) is 4.79 Å². The predicted molar refractivity (Wildman–Crippen MR) is 62.6 cm³/mol. The molecular weight excluding hydrogens is 283 g/mol. The van der Waals surface area contributed by atoms with Gasteiger partial charge >= 0.3 is 18.1 Å². The number of carbonyl (C=O) groups excluding carboxylic acids is 1. The molecule has 8 heteroatoms. The molecule has 2 N–H and O–H groups in total. The van der Waals surface area contributed by atoms with Crippen LogP contribution >= 0.6 is 11.3 Å². The van der Waals surface area contributed by atoms with Gasteiger partial charge in [0.2, 0.25) is 0 Å². The van der Waals surface area contributed by atoms with Crippen molar-refractivity contribution in [3.05, 3.63) is 15.3 Å². The molecule has 0 radical (unpaired) electrons. The first-order valence-corrected chi connectivity index (χ1v) is 6.38. The third kappa shape index (κ3) is 2.73. The molecular formula is C11H10F3NO3S. The molecule has 0 aliphatic heterocycles. The van der Waals surface area contributed by atoms with Gasteiger partial charge in [-0.1, -0.05) is 0 Å². The van der Waals surface area contributed by atoms with Crippen molar-refractivity contribution in [1.82, 2.24) is 0 Å². The Morgan fingerprint density at radius 3 is 2.42 bits per heavy atom. The number of hydrogen-bond donors (Lipinski definition) is 2. The summed E-state index contributed by atoms with van der Waals surface area (Å²) in [4.78, 5) is 22.5. The maximum atomic E-state index is 12.2. The summed E-state index contributed by atoms with van der Waals surface area (Å²) in [6.45, 7) is 0. The van der Waals surface area contributed by atoms with E-state index in [1.807, 2.05) is 0 Å². The van der Waals surface area contributed by atoms with Crippen molar-refractivity contribution in [2.75, 3.05) is 5.32 Å². The van der Waals surface area contributed by atoms with Gasteiger partial charge in [-0.25, -0.2) is 4.79 Å². The zero-order valence-electron chi connectivity index (χ0n) is 9.63. The zero-order valence-corrected chi connectivity index (χ0v) is 10.5. The average Bonchev–Trinajstić information content (AvgIpc) is 2.67. The van der Waals surface area contributed by atoms with Crippen LogP contribution in [0.2, 0.25) is 0 Å². The van der Waals surface area contributed by atoms with Gasteiger partial charge in [0.25, 0.3) is 0 Å². The Balaban J connectivity index is 2.40. The Morgan fingerprint density at radius 1 is 1.21 bits per heavy atom. The molecule has 0 saturated carbocycles. The molecule has 0 unspecified atom stereocenters. The van der Waals surface area contributed by atoms with Gasteiger partial charge in [-0.05, 0) is 31.2 Å². The third-order valence-corrected chi connectivity index (χ3v) is 4.14. The normalized spacial score (nSPS) is 14.9. The van der Waals surface area contributed by atoms with Crippen LogP contribution in [0.4, 0.5) is 18.9 Å². The summed E-state index contributed by atoms with van der Waals surface area (Å²) < 4.78 is 36.7. The maximum absolute atomic E-state index is 12.2. The fraction of sp³-hybridized carbons (Fsp3) is 0.455. The lowest BCUT2D eigenvalue weighted by Gasteiger charge is -2.14. The van der Waals surface area contributed by atoms with E-state index < -0.39 is 18.1 Å². The number of aryl methyl sites for hydroxylation is 1. The summed E-state index contributed by atoms with van der Waals surface area (Å²) in [6.07, 6.45) is -2.25. The van der Waals surface area contributed by atoms with Crippen LogP contribution in [0.15, 0.2) is 0 Å². The number of halogens is 3. The molecule has 4 nitrogen and oxygen atoms in total. The highest BCUT2D eigenvalue weighted by atomic mass is 32.1. The number of fused-ring (bicyclic) bond motifs is 1. The second-order valence-electron chi connectivity index (χ2n) is 4.17. The lowest BCUT2D eigenvalue weighted by Crippen LogP contribution is -2.30. The van der Waals surface area contributed by atoms with Gasteiger partial charge in [-0.2, -0.15) is 13.2 Å². The van der Waals surface area contributed by atoms with Gasteiger partial charge in [-0.15, -0.1) is 11.3 Å². The number of hydrogen-bond acceptors (Lipinski definition) is 3. The van der Waals surface area contributed by atoms with Crippen LogP contribution < -0.4 is 5.32 Å². The summed E-state index contributed by atoms with van der Waals surface area (Å²) in [7, 11) is 0. The van der Waals surface area contributed by atoms with Gasteiger partial charge in [0, 0.05) is 4.88 Å². The SMILES string of the molecule is O=C(O)c1sc2c(c1NC(=O)C(F)(F)F)CCCC2. The first-order chi connectivity index (χ1) is 8.80. The molecule has 1 aromatic heterocycles. The van der Waals surface area contributed by atoms with Crippen molar-refractivity contribution < 1.29 is 27.9 Å². The maximum Gasteiger partial charge on any atom is 0.471 e. The second kappa shape index (κ2) is 4.84. The van der Waals surface area contributed by atoms with E-state index in [2.05, 4.69) is 0 Å². The molecule has 1 aromatic rings. The molecule has 1 aliphatic carbocycles. The van der Waals surface area contributed by atoms with Crippen molar-refractivity contribution in [3.63, 3.8) is 0 Å². The molecule has 19 heavy (non-hydrogen) atoms. The van der Waals surface area contributed by atoms with E-state index in [4.69, 9.17) is 5.11 Å². The molecule has 2 rings (SSSR count). The highest BCUT2D eigenvalue weighted by Crippen LogP contribution is 2.38. The Hall–Kier alpha value is -1.57. The number of thiophene rings is 1. The number of alkyl halides is 3. The molecule has 0 bridgehead atoms. The van der Waals surface area contributed by atoms with Crippen molar-refractivity contribution in [1.29, 1.82) is 0 Å². The average molecular weight is 293 g/mol. The Kier molecular flexibility index (Phi) is 3.53. The van der Waals surface area contributed by atoms with E-state index >= 15 is 0 Å². The van der Waals surface area contributed by atoms with Gasteiger partial charge < -0.3 is 10.4 Å². The molecule has 1 heterocycles. The minimum atomic E-state index is -5.03. The first-order valence-electron chi connectivity index (χ1n) is 5.56. The molecule has 0 saturated heterocycles. The van der Waals surface area contributed by atoms with Gasteiger partial charge in [0.1, 0.15) is 4.88 Å². The number of aromatic carboxylic acids is 1. The highest BCUT2D eigenvalue weighted by molar-refractivity contribution is 7.14. The second-order valence-corrected chi connectivity index (χ2v) is 5.28. The largest absolute Gasteiger partial charge is 0.477 e. The summed E-state index contributed by atoms with van der Waals surface area (Å²) in [5, 5.41) is 10.7. The molecule has 0 spiro atoms. The third-order valence-electron chi connectivity index (χ3n) is 2.86. The number of rotatable bonds is 2. The molecule has 0 atom stereocenters. The monoisotopic (exact) mass is 293 g/mol. The number of amides is 1. The van der Waals surface area contributed by atoms with E-state index in [9.17, 15) is 22.8 Å². The quantitative estimate of drug-likeness (QED) is 0.881. The van der Waals surface area contributed by atoms with E-state index in [1.165, 1.54) is 0 Å². The lowest BCUT2D eigenvalue weighted by atomic mass is 9.97. The van der Waals surface area contributed by atoms with Crippen molar-refractivity contribution in [2.45, 2.75) is 31.9 Å². The van der Waals surface area contributed by atoms with Crippen LogP contribution in [-0.4, -0.2) is 23.2 Å². The molecule has 0 aromatic carbocycles. The number of carboxylic acid groups (broad SMARTS) is 1. The summed E-state index contributed by atoms with van der Waals surface area (Å²) in [6, 6.07) is 0. The van der Waals surface area contributed by atoms with Gasteiger partial charge in [0.05, 0.1) is 5.69 Å². The highest BCUT2D eigenvalue weighted by Gasteiger charge is 2.40. The van der Waals surface area contributed by atoms with Crippen LogP contribution in [0.25, 0.3) is 0 Å². The van der Waals surface area contributed by atoms with Crippen LogP contribution in [0.3, 0.4) is 0 Å². The minimum Gasteiger partial charge on any atom is -0.477 e. The zero-order chi connectivity index (χ0) is 14.2. The minimum absolute atomic E-state index is 0.186. The number of carboxylic acids is 1.